The lowest BCUT2D eigenvalue weighted by atomic mass is 9.98. The molecule has 33 heavy (non-hydrogen) atoms. The van der Waals surface area contributed by atoms with Gasteiger partial charge in [0, 0.05) is 11.3 Å². The minimum Gasteiger partial charge on any atom is -0.479 e. The van der Waals surface area contributed by atoms with E-state index >= 15 is 0 Å². The van der Waals surface area contributed by atoms with Crippen molar-refractivity contribution in [1.29, 1.82) is 0 Å². The second-order valence-corrected chi connectivity index (χ2v) is 8.29. The van der Waals surface area contributed by atoms with Crippen molar-refractivity contribution in [2.24, 2.45) is 0 Å². The number of carboxylic acids is 1. The lowest BCUT2D eigenvalue weighted by Gasteiger charge is -2.14. The Balaban J connectivity index is 1.30. The molecule has 170 valence electrons. The quantitative estimate of drug-likeness (QED) is 0.399. The Morgan fingerprint density at radius 3 is 2.33 bits per heavy atom. The summed E-state index contributed by atoms with van der Waals surface area (Å²) >= 11 is 1.14. The van der Waals surface area contributed by atoms with Crippen molar-refractivity contribution in [2.45, 2.75) is 18.4 Å². The standard InChI is InChI=1S/C23H21N3O6S/c27-19(21(29)30)10-24-20(28)9-13-12-33-22(25-13)26-23(31)32-11-18-16-7-3-1-5-14(16)15-6-2-4-8-17(15)18/h1-8,12,18-19,27H,9-11H2,(H,24,28)(H,29,30)(H,25,26,31)/t19-/m0/s1. The fourth-order valence-corrected chi connectivity index (χ4v) is 4.39. The number of rotatable bonds is 8. The van der Waals surface area contributed by atoms with Crippen LogP contribution in [-0.2, 0) is 20.7 Å². The fourth-order valence-electron chi connectivity index (χ4n) is 3.69. The summed E-state index contributed by atoms with van der Waals surface area (Å²) in [5.74, 6) is -1.97. The SMILES string of the molecule is O=C(Cc1csc(NC(=O)OCC2c3ccccc3-c3ccccc32)n1)NC[C@H](O)C(=O)O. The maximum Gasteiger partial charge on any atom is 0.413 e. The second-order valence-electron chi connectivity index (χ2n) is 7.43. The smallest absolute Gasteiger partial charge is 0.413 e. The molecule has 2 aromatic carbocycles. The van der Waals surface area contributed by atoms with E-state index in [9.17, 15) is 19.5 Å². The number of hydrogen-bond acceptors (Lipinski definition) is 7. The molecule has 0 fully saturated rings. The van der Waals surface area contributed by atoms with Gasteiger partial charge in [-0.25, -0.2) is 14.6 Å². The van der Waals surface area contributed by atoms with Crippen molar-refractivity contribution in [2.75, 3.05) is 18.5 Å². The number of aromatic nitrogens is 1. The maximum atomic E-state index is 12.3. The maximum absolute atomic E-state index is 12.3. The summed E-state index contributed by atoms with van der Waals surface area (Å²) in [4.78, 5) is 38.9. The van der Waals surface area contributed by atoms with E-state index in [1.54, 1.807) is 5.38 Å². The Hall–Kier alpha value is -3.76. The number of benzene rings is 2. The van der Waals surface area contributed by atoms with Gasteiger partial charge < -0.3 is 20.3 Å². The van der Waals surface area contributed by atoms with Crippen molar-refractivity contribution in [3.63, 3.8) is 0 Å². The first-order chi connectivity index (χ1) is 15.9. The highest BCUT2D eigenvalue weighted by Gasteiger charge is 2.29. The first kappa shape index (κ1) is 22.4. The summed E-state index contributed by atoms with van der Waals surface area (Å²) in [6.45, 7) is -0.227. The van der Waals surface area contributed by atoms with E-state index in [2.05, 4.69) is 27.8 Å². The van der Waals surface area contributed by atoms with Crippen LogP contribution in [0.4, 0.5) is 9.93 Å². The molecular weight excluding hydrogens is 446 g/mol. The third-order valence-corrected chi connectivity index (χ3v) is 6.03. The number of aliphatic carboxylic acids is 1. The van der Waals surface area contributed by atoms with Crippen molar-refractivity contribution >= 4 is 34.4 Å². The van der Waals surface area contributed by atoms with Crippen LogP contribution in [0.1, 0.15) is 22.7 Å². The molecule has 4 N–H and O–H groups in total. The third-order valence-electron chi connectivity index (χ3n) is 5.22. The van der Waals surface area contributed by atoms with E-state index < -0.39 is 30.6 Å². The van der Waals surface area contributed by atoms with Crippen molar-refractivity contribution in [1.82, 2.24) is 10.3 Å². The molecule has 0 saturated heterocycles. The molecule has 1 atom stereocenters. The van der Waals surface area contributed by atoms with Gasteiger partial charge in [0.2, 0.25) is 5.91 Å². The number of carbonyl (C=O) groups excluding carboxylic acids is 2. The van der Waals surface area contributed by atoms with E-state index in [4.69, 9.17) is 9.84 Å². The number of ether oxygens (including phenoxy) is 1. The third kappa shape index (κ3) is 5.18. The van der Waals surface area contributed by atoms with Gasteiger partial charge in [-0.2, -0.15) is 0 Å². The van der Waals surface area contributed by atoms with Crippen molar-refractivity contribution in [3.05, 3.63) is 70.7 Å². The van der Waals surface area contributed by atoms with Crippen LogP contribution in [0.2, 0.25) is 0 Å². The number of aliphatic hydroxyl groups is 1. The largest absolute Gasteiger partial charge is 0.479 e. The highest BCUT2D eigenvalue weighted by Crippen LogP contribution is 2.44. The number of carboxylic acid groups (broad SMARTS) is 1. The number of anilines is 1. The summed E-state index contributed by atoms with van der Waals surface area (Å²) in [6, 6.07) is 16.1. The molecule has 10 heteroatoms. The minimum absolute atomic E-state index is 0.0557. The molecule has 0 spiro atoms. The van der Waals surface area contributed by atoms with Gasteiger partial charge in [0.15, 0.2) is 11.2 Å². The molecule has 2 amide bonds. The molecule has 1 aliphatic rings. The molecule has 1 heterocycles. The van der Waals surface area contributed by atoms with Crippen molar-refractivity contribution < 1.29 is 29.3 Å². The zero-order valence-electron chi connectivity index (χ0n) is 17.4. The van der Waals surface area contributed by atoms with Crippen LogP contribution >= 0.6 is 11.3 Å². The van der Waals surface area contributed by atoms with Crippen LogP contribution in [0.5, 0.6) is 0 Å². The molecule has 9 nitrogen and oxygen atoms in total. The van der Waals surface area contributed by atoms with Gasteiger partial charge >= 0.3 is 12.1 Å². The van der Waals surface area contributed by atoms with Gasteiger partial charge in [-0.1, -0.05) is 48.5 Å². The van der Waals surface area contributed by atoms with Gasteiger partial charge in [0.1, 0.15) is 6.61 Å². The molecule has 3 aromatic rings. The number of thiazole rings is 1. The monoisotopic (exact) mass is 467 g/mol. The van der Waals surface area contributed by atoms with E-state index in [1.165, 1.54) is 0 Å². The lowest BCUT2D eigenvalue weighted by Crippen LogP contribution is -2.37. The predicted molar refractivity (Wildman–Crippen MR) is 121 cm³/mol. The zero-order valence-corrected chi connectivity index (χ0v) is 18.2. The number of amides is 2. The lowest BCUT2D eigenvalue weighted by molar-refractivity contribution is -0.146. The Kier molecular flexibility index (Phi) is 6.66. The number of nitrogens with zero attached hydrogens (tertiary/aromatic N) is 1. The zero-order chi connectivity index (χ0) is 23.4. The van der Waals surface area contributed by atoms with E-state index in [0.29, 0.717) is 5.69 Å². The van der Waals surface area contributed by atoms with Crippen molar-refractivity contribution in [3.8, 4) is 11.1 Å². The Bertz CT molecular complexity index is 1150. The summed E-state index contributed by atoms with van der Waals surface area (Å²) in [5, 5.41) is 24.6. The number of hydrogen-bond donors (Lipinski definition) is 4. The second kappa shape index (κ2) is 9.80. The molecule has 1 aromatic heterocycles. The molecule has 1 aliphatic carbocycles. The fraction of sp³-hybridized carbons (Fsp3) is 0.217. The van der Waals surface area contributed by atoms with Gasteiger partial charge in [-0.3, -0.25) is 10.1 Å². The van der Waals surface area contributed by atoms with Crippen LogP contribution in [-0.4, -0.2) is 52.4 Å². The highest BCUT2D eigenvalue weighted by atomic mass is 32.1. The highest BCUT2D eigenvalue weighted by molar-refractivity contribution is 7.13. The van der Waals surface area contributed by atoms with Gasteiger partial charge in [-0.05, 0) is 22.3 Å². The Labute approximate surface area is 193 Å². The first-order valence-corrected chi connectivity index (χ1v) is 11.0. The first-order valence-electron chi connectivity index (χ1n) is 10.2. The average Bonchev–Trinajstić information content (AvgIpc) is 3.37. The van der Waals surface area contributed by atoms with Gasteiger partial charge in [-0.15, -0.1) is 11.3 Å². The molecule has 0 saturated carbocycles. The summed E-state index contributed by atoms with van der Waals surface area (Å²) in [7, 11) is 0. The molecular formula is C23H21N3O6S. The van der Waals surface area contributed by atoms with Crippen LogP contribution < -0.4 is 10.6 Å². The van der Waals surface area contributed by atoms with Crippen LogP contribution in [0, 0.1) is 0 Å². The number of nitrogens with one attached hydrogen (secondary N) is 2. The molecule has 0 radical (unpaired) electrons. The molecule has 0 bridgehead atoms. The number of aliphatic hydroxyl groups excluding tert-OH is 1. The predicted octanol–water partition coefficient (Wildman–Crippen LogP) is 2.61. The van der Waals surface area contributed by atoms with Gasteiger partial charge in [0.05, 0.1) is 18.7 Å². The Morgan fingerprint density at radius 1 is 1.06 bits per heavy atom. The molecule has 0 unspecified atom stereocenters. The van der Waals surface area contributed by atoms with Crippen LogP contribution in [0.15, 0.2) is 53.9 Å². The van der Waals surface area contributed by atoms with E-state index in [1.807, 2.05) is 36.4 Å². The summed E-state index contributed by atoms with van der Waals surface area (Å²) in [5.41, 5.74) is 4.90. The van der Waals surface area contributed by atoms with Gasteiger partial charge in [0.25, 0.3) is 0 Å². The molecule has 0 aliphatic heterocycles. The van der Waals surface area contributed by atoms with E-state index in [0.717, 1.165) is 33.6 Å². The summed E-state index contributed by atoms with van der Waals surface area (Å²) < 4.78 is 5.48. The minimum atomic E-state index is -1.67. The van der Waals surface area contributed by atoms with Crippen LogP contribution in [0.25, 0.3) is 11.1 Å². The Morgan fingerprint density at radius 2 is 1.70 bits per heavy atom. The summed E-state index contributed by atoms with van der Waals surface area (Å²) in [6.07, 6.45) is -2.43. The van der Waals surface area contributed by atoms with E-state index in [-0.39, 0.29) is 24.1 Å². The number of carbonyl (C=O) groups is 3. The topological polar surface area (TPSA) is 138 Å². The number of fused-ring (bicyclic) bond motifs is 3. The normalized spacial score (nSPS) is 13.0. The van der Waals surface area contributed by atoms with Crippen LogP contribution in [0.3, 0.4) is 0 Å². The average molecular weight is 468 g/mol. The molecule has 4 rings (SSSR count).